The number of nitrogens with zero attached hydrogens (tertiary/aromatic N) is 2. The quantitative estimate of drug-likeness (QED) is 0.843. The second-order valence-electron chi connectivity index (χ2n) is 4.78. The Kier molecular flexibility index (Phi) is 5.63. The van der Waals surface area contributed by atoms with E-state index in [1.807, 2.05) is 12.1 Å². The molecule has 3 nitrogen and oxygen atoms in total. The molecule has 4 heteroatoms. The van der Waals surface area contributed by atoms with E-state index >= 15 is 0 Å². The van der Waals surface area contributed by atoms with Crippen LogP contribution in [0.3, 0.4) is 0 Å². The number of hydrogen-bond donors (Lipinski definition) is 1. The van der Waals surface area contributed by atoms with Crippen molar-refractivity contribution in [2.45, 2.75) is 26.4 Å². The van der Waals surface area contributed by atoms with E-state index in [1.165, 1.54) is 4.88 Å². The number of thiophene rings is 1. The molecule has 1 rings (SSSR count). The third-order valence-corrected chi connectivity index (χ3v) is 3.85. The first-order chi connectivity index (χ1) is 8.04. The van der Waals surface area contributed by atoms with Crippen LogP contribution in [0, 0.1) is 17.2 Å². The second-order valence-corrected chi connectivity index (χ2v) is 5.95. The van der Waals surface area contributed by atoms with Gasteiger partial charge in [0.15, 0.2) is 0 Å². The van der Waals surface area contributed by atoms with E-state index < -0.39 is 0 Å². The van der Waals surface area contributed by atoms with Gasteiger partial charge in [-0.1, -0.05) is 13.8 Å². The lowest BCUT2D eigenvalue weighted by atomic mass is 10.0. The van der Waals surface area contributed by atoms with Crippen molar-refractivity contribution in [3.05, 3.63) is 21.9 Å². The van der Waals surface area contributed by atoms with Crippen LogP contribution in [0.1, 0.15) is 23.6 Å². The van der Waals surface area contributed by atoms with Gasteiger partial charge >= 0.3 is 0 Å². The van der Waals surface area contributed by atoms with Crippen LogP contribution >= 0.6 is 11.3 Å². The molecule has 1 aromatic heterocycles. The number of nitriles is 1. The summed E-state index contributed by atoms with van der Waals surface area (Å²) in [5.41, 5.74) is 0. The SMILES string of the molecule is CC(C)C(CNCc1ccc(C#N)s1)N(C)C. The average molecular weight is 251 g/mol. The van der Waals surface area contributed by atoms with Crippen LogP contribution in [-0.2, 0) is 6.54 Å². The number of likely N-dealkylation sites (N-methyl/N-ethyl adjacent to an activating group) is 1. The Labute approximate surface area is 108 Å². The van der Waals surface area contributed by atoms with Crippen molar-refractivity contribution in [3.8, 4) is 6.07 Å². The molecule has 0 saturated heterocycles. The van der Waals surface area contributed by atoms with Crippen LogP contribution in [0.25, 0.3) is 0 Å². The molecule has 0 amide bonds. The van der Waals surface area contributed by atoms with E-state index in [9.17, 15) is 0 Å². The molecule has 0 saturated carbocycles. The minimum atomic E-state index is 0.547. The van der Waals surface area contributed by atoms with Crippen LogP contribution in [0.2, 0.25) is 0 Å². The molecule has 1 unspecified atom stereocenters. The van der Waals surface area contributed by atoms with Gasteiger partial charge in [-0.3, -0.25) is 0 Å². The Morgan fingerprint density at radius 2 is 2.12 bits per heavy atom. The fourth-order valence-corrected chi connectivity index (χ4v) is 2.67. The largest absolute Gasteiger partial charge is 0.310 e. The Hall–Kier alpha value is -0.890. The van der Waals surface area contributed by atoms with Crippen LogP contribution < -0.4 is 5.32 Å². The Morgan fingerprint density at radius 1 is 1.41 bits per heavy atom. The third-order valence-electron chi connectivity index (χ3n) is 2.86. The van der Waals surface area contributed by atoms with Crippen LogP contribution in [0.15, 0.2) is 12.1 Å². The molecule has 17 heavy (non-hydrogen) atoms. The molecule has 1 atom stereocenters. The molecular formula is C13H21N3S. The van der Waals surface area contributed by atoms with Gasteiger partial charge < -0.3 is 10.2 Å². The first-order valence-electron chi connectivity index (χ1n) is 5.90. The van der Waals surface area contributed by atoms with Gasteiger partial charge in [-0.05, 0) is 32.1 Å². The van der Waals surface area contributed by atoms with E-state index in [4.69, 9.17) is 5.26 Å². The normalized spacial score (nSPS) is 13.0. The van der Waals surface area contributed by atoms with Crippen molar-refractivity contribution in [2.75, 3.05) is 20.6 Å². The van der Waals surface area contributed by atoms with Gasteiger partial charge in [0.05, 0.1) is 0 Å². The second kappa shape index (κ2) is 6.75. The minimum Gasteiger partial charge on any atom is -0.310 e. The van der Waals surface area contributed by atoms with E-state index in [0.29, 0.717) is 12.0 Å². The Balaban J connectivity index is 2.38. The molecule has 1 aromatic rings. The van der Waals surface area contributed by atoms with E-state index in [0.717, 1.165) is 18.0 Å². The summed E-state index contributed by atoms with van der Waals surface area (Å²) >= 11 is 1.56. The van der Waals surface area contributed by atoms with Crippen molar-refractivity contribution in [3.63, 3.8) is 0 Å². The monoisotopic (exact) mass is 251 g/mol. The standard InChI is InChI=1S/C13H21N3S/c1-10(2)13(16(3)4)9-15-8-12-6-5-11(7-14)17-12/h5-6,10,13,15H,8-9H2,1-4H3. The predicted octanol–water partition coefficient (Wildman–Crippen LogP) is 2.30. The first kappa shape index (κ1) is 14.2. The molecule has 0 aliphatic rings. The lowest BCUT2D eigenvalue weighted by molar-refractivity contribution is 0.224. The molecule has 0 fully saturated rings. The summed E-state index contributed by atoms with van der Waals surface area (Å²) in [6.07, 6.45) is 0. The van der Waals surface area contributed by atoms with Crippen LogP contribution in [0.5, 0.6) is 0 Å². The molecule has 1 N–H and O–H groups in total. The van der Waals surface area contributed by atoms with Gasteiger partial charge in [0, 0.05) is 24.0 Å². The van der Waals surface area contributed by atoms with Gasteiger partial charge in [-0.15, -0.1) is 11.3 Å². The van der Waals surface area contributed by atoms with Crippen molar-refractivity contribution < 1.29 is 0 Å². The summed E-state index contributed by atoms with van der Waals surface area (Å²) in [5.74, 6) is 0.635. The lowest BCUT2D eigenvalue weighted by Gasteiger charge is -2.28. The van der Waals surface area contributed by atoms with Gasteiger partial charge in [0.25, 0.3) is 0 Å². The Bertz CT molecular complexity index is 368. The van der Waals surface area contributed by atoms with Crippen molar-refractivity contribution >= 4 is 11.3 Å². The zero-order chi connectivity index (χ0) is 12.8. The van der Waals surface area contributed by atoms with Gasteiger partial charge in [0.1, 0.15) is 10.9 Å². The molecule has 1 heterocycles. The Morgan fingerprint density at radius 3 is 2.59 bits per heavy atom. The fraction of sp³-hybridized carbons (Fsp3) is 0.615. The summed E-state index contributed by atoms with van der Waals surface area (Å²) < 4.78 is 0. The fourth-order valence-electron chi connectivity index (χ4n) is 1.89. The molecule has 0 aromatic carbocycles. The van der Waals surface area contributed by atoms with Crippen molar-refractivity contribution in [1.29, 1.82) is 5.26 Å². The number of rotatable bonds is 6. The van der Waals surface area contributed by atoms with Gasteiger partial charge in [-0.25, -0.2) is 0 Å². The van der Waals surface area contributed by atoms with Gasteiger partial charge in [0.2, 0.25) is 0 Å². The first-order valence-corrected chi connectivity index (χ1v) is 6.72. The van der Waals surface area contributed by atoms with Crippen molar-refractivity contribution in [1.82, 2.24) is 10.2 Å². The molecular weight excluding hydrogens is 230 g/mol. The topological polar surface area (TPSA) is 39.1 Å². The molecule has 0 spiro atoms. The highest BCUT2D eigenvalue weighted by Gasteiger charge is 2.14. The predicted molar refractivity (Wildman–Crippen MR) is 73.1 cm³/mol. The number of hydrogen-bond acceptors (Lipinski definition) is 4. The highest BCUT2D eigenvalue weighted by Crippen LogP contribution is 2.15. The smallest absolute Gasteiger partial charge is 0.110 e. The maximum atomic E-state index is 8.74. The lowest BCUT2D eigenvalue weighted by Crippen LogP contribution is -2.41. The summed E-state index contributed by atoms with van der Waals surface area (Å²) in [6, 6.07) is 6.62. The molecule has 0 radical (unpaired) electrons. The molecule has 0 bridgehead atoms. The van der Waals surface area contributed by atoms with E-state index in [-0.39, 0.29) is 0 Å². The molecule has 94 valence electrons. The van der Waals surface area contributed by atoms with Crippen LogP contribution in [-0.4, -0.2) is 31.6 Å². The highest BCUT2D eigenvalue weighted by atomic mass is 32.1. The zero-order valence-electron chi connectivity index (χ0n) is 11.0. The summed E-state index contributed by atoms with van der Waals surface area (Å²) in [5, 5.41) is 12.2. The van der Waals surface area contributed by atoms with Gasteiger partial charge in [-0.2, -0.15) is 5.26 Å². The van der Waals surface area contributed by atoms with E-state index in [2.05, 4.69) is 44.2 Å². The zero-order valence-corrected chi connectivity index (χ0v) is 11.8. The summed E-state index contributed by atoms with van der Waals surface area (Å²) in [6.45, 7) is 6.31. The highest BCUT2D eigenvalue weighted by molar-refractivity contribution is 7.12. The minimum absolute atomic E-state index is 0.547. The average Bonchev–Trinajstić information content (AvgIpc) is 2.71. The molecule has 0 aliphatic carbocycles. The maximum absolute atomic E-state index is 8.74. The third kappa shape index (κ3) is 4.47. The summed E-state index contributed by atoms with van der Waals surface area (Å²) in [7, 11) is 4.23. The molecule has 0 aliphatic heterocycles. The summed E-state index contributed by atoms with van der Waals surface area (Å²) in [4.78, 5) is 4.27. The van der Waals surface area contributed by atoms with E-state index in [1.54, 1.807) is 11.3 Å². The number of nitrogens with one attached hydrogen (secondary N) is 1. The maximum Gasteiger partial charge on any atom is 0.110 e. The van der Waals surface area contributed by atoms with Crippen LogP contribution in [0.4, 0.5) is 0 Å². The van der Waals surface area contributed by atoms with Crippen molar-refractivity contribution in [2.24, 2.45) is 5.92 Å².